The van der Waals surface area contributed by atoms with Crippen LogP contribution in [0.25, 0.3) is 0 Å². The van der Waals surface area contributed by atoms with E-state index in [-0.39, 0.29) is 11.5 Å². The molecule has 0 amide bonds. The lowest BCUT2D eigenvalue weighted by atomic mass is 9.74. The van der Waals surface area contributed by atoms with Gasteiger partial charge in [-0.05, 0) is 103 Å². The van der Waals surface area contributed by atoms with E-state index >= 15 is 0 Å². The highest BCUT2D eigenvalue weighted by Crippen LogP contribution is 2.53. The number of hydrogen-bond donors (Lipinski definition) is 1. The minimum Gasteiger partial charge on any atom is -0.458 e. The molecule has 5 aliphatic rings. The Morgan fingerprint density at radius 2 is 1.45 bits per heavy atom. The van der Waals surface area contributed by atoms with Gasteiger partial charge in [0.25, 0.3) is 0 Å². The van der Waals surface area contributed by atoms with Crippen LogP contribution in [0, 0.1) is 0 Å². The predicted octanol–water partition coefficient (Wildman–Crippen LogP) is 10.3. The van der Waals surface area contributed by atoms with E-state index in [2.05, 4.69) is 120 Å². The van der Waals surface area contributed by atoms with Crippen LogP contribution in [0.3, 0.4) is 0 Å². The number of nitrogens with one attached hydrogen (secondary N) is 1. The molecule has 0 spiro atoms. The fourth-order valence-corrected chi connectivity index (χ4v) is 7.42. The third-order valence-electron chi connectivity index (χ3n) is 9.61. The van der Waals surface area contributed by atoms with E-state index < -0.39 is 0 Å². The van der Waals surface area contributed by atoms with Gasteiger partial charge in [-0.3, -0.25) is 0 Å². The largest absolute Gasteiger partial charge is 0.458 e. The predicted molar refractivity (Wildman–Crippen MR) is 178 cm³/mol. The maximum absolute atomic E-state index is 6.40. The van der Waals surface area contributed by atoms with Crippen LogP contribution in [0.15, 0.2) is 133 Å². The number of allylic oxidation sites excluding steroid dienone is 5. The molecule has 9 rings (SSSR count). The summed E-state index contributed by atoms with van der Waals surface area (Å²) in [7, 11) is 0. The maximum atomic E-state index is 6.40. The molecule has 0 bridgehead atoms. The Hall–Kier alpha value is -5.16. The Kier molecular flexibility index (Phi) is 5.43. The SMILES string of the molecule is CC1(C)c2cc(N3c4ccccc4Oc4ccccc43)ccc2Nc2ccc(N3C4=C(C=CCC4)OC4=CC=CCC43)cc21. The summed E-state index contributed by atoms with van der Waals surface area (Å²) in [6.45, 7) is 4.70. The lowest BCUT2D eigenvalue weighted by molar-refractivity contribution is 0.258. The number of ether oxygens (including phenoxy) is 2. The Bertz CT molecular complexity index is 1940. The molecule has 5 nitrogen and oxygen atoms in total. The highest BCUT2D eigenvalue weighted by atomic mass is 16.5. The molecule has 1 atom stereocenters. The van der Waals surface area contributed by atoms with Gasteiger partial charge in [-0.2, -0.15) is 0 Å². The first kappa shape index (κ1) is 25.3. The first-order chi connectivity index (χ1) is 21.6. The molecular weight excluding hydrogens is 542 g/mol. The highest BCUT2D eigenvalue weighted by molar-refractivity contribution is 5.88. The van der Waals surface area contributed by atoms with E-state index in [1.54, 1.807) is 0 Å². The molecular formula is C39H33N3O2. The Labute approximate surface area is 258 Å². The van der Waals surface area contributed by atoms with E-state index in [1.807, 2.05) is 24.3 Å². The molecule has 216 valence electrons. The average molecular weight is 576 g/mol. The van der Waals surface area contributed by atoms with Crippen molar-refractivity contribution in [1.29, 1.82) is 0 Å². The van der Waals surface area contributed by atoms with Gasteiger partial charge in [0.15, 0.2) is 11.5 Å². The lowest BCUT2D eigenvalue weighted by Gasteiger charge is -2.43. The number of benzene rings is 4. The van der Waals surface area contributed by atoms with Gasteiger partial charge in [0, 0.05) is 28.2 Å². The number of para-hydroxylation sites is 4. The lowest BCUT2D eigenvalue weighted by Crippen LogP contribution is -2.42. The second-order valence-corrected chi connectivity index (χ2v) is 12.6. The number of anilines is 6. The molecule has 3 heterocycles. The van der Waals surface area contributed by atoms with Crippen molar-refractivity contribution in [2.45, 2.75) is 44.6 Å². The van der Waals surface area contributed by atoms with Crippen LogP contribution in [-0.2, 0) is 10.2 Å². The van der Waals surface area contributed by atoms with Crippen LogP contribution in [0.1, 0.15) is 44.2 Å². The van der Waals surface area contributed by atoms with Gasteiger partial charge in [0.05, 0.1) is 23.1 Å². The molecule has 5 heteroatoms. The van der Waals surface area contributed by atoms with Crippen molar-refractivity contribution in [3.8, 4) is 11.5 Å². The molecule has 1 N–H and O–H groups in total. The van der Waals surface area contributed by atoms with Gasteiger partial charge in [-0.25, -0.2) is 0 Å². The van der Waals surface area contributed by atoms with Gasteiger partial charge in [-0.15, -0.1) is 0 Å². The third-order valence-corrected chi connectivity index (χ3v) is 9.61. The van der Waals surface area contributed by atoms with Crippen LogP contribution in [0.4, 0.5) is 34.1 Å². The Balaban J connectivity index is 1.15. The molecule has 3 aliphatic heterocycles. The van der Waals surface area contributed by atoms with Crippen molar-refractivity contribution in [2.75, 3.05) is 15.1 Å². The zero-order valence-electron chi connectivity index (χ0n) is 24.9. The Morgan fingerprint density at radius 1 is 0.773 bits per heavy atom. The van der Waals surface area contributed by atoms with Crippen LogP contribution in [-0.4, -0.2) is 6.04 Å². The normalized spacial score (nSPS) is 20.0. The van der Waals surface area contributed by atoms with E-state index in [0.29, 0.717) is 0 Å². The molecule has 0 radical (unpaired) electrons. The van der Waals surface area contributed by atoms with E-state index in [1.165, 1.54) is 22.5 Å². The monoisotopic (exact) mass is 575 g/mol. The summed E-state index contributed by atoms with van der Waals surface area (Å²) in [5.74, 6) is 3.72. The van der Waals surface area contributed by atoms with Crippen molar-refractivity contribution in [3.05, 3.63) is 144 Å². The fraction of sp³-hybridized carbons (Fsp3) is 0.179. The number of hydrogen-bond acceptors (Lipinski definition) is 5. The first-order valence-electron chi connectivity index (χ1n) is 15.5. The summed E-state index contributed by atoms with van der Waals surface area (Å²) >= 11 is 0. The summed E-state index contributed by atoms with van der Waals surface area (Å²) in [4.78, 5) is 4.85. The van der Waals surface area contributed by atoms with E-state index in [9.17, 15) is 0 Å². The molecule has 44 heavy (non-hydrogen) atoms. The summed E-state index contributed by atoms with van der Waals surface area (Å²) in [5, 5.41) is 3.78. The molecule has 0 saturated carbocycles. The maximum Gasteiger partial charge on any atom is 0.151 e. The number of nitrogens with zero attached hydrogens (tertiary/aromatic N) is 2. The van der Waals surface area contributed by atoms with Crippen LogP contribution < -0.4 is 19.9 Å². The summed E-state index contributed by atoms with van der Waals surface area (Å²) in [6, 6.07) is 30.4. The topological polar surface area (TPSA) is 37.0 Å². The molecule has 0 aromatic heterocycles. The second kappa shape index (κ2) is 9.42. The number of rotatable bonds is 2. The smallest absolute Gasteiger partial charge is 0.151 e. The van der Waals surface area contributed by atoms with Gasteiger partial charge in [0.1, 0.15) is 11.5 Å². The summed E-state index contributed by atoms with van der Waals surface area (Å²) in [5.41, 5.74) is 10.3. The quantitative estimate of drug-likeness (QED) is 0.227. The second-order valence-electron chi connectivity index (χ2n) is 12.6. The van der Waals surface area contributed by atoms with Crippen LogP contribution in [0.5, 0.6) is 11.5 Å². The van der Waals surface area contributed by atoms with Gasteiger partial charge >= 0.3 is 0 Å². The van der Waals surface area contributed by atoms with Gasteiger partial charge < -0.3 is 24.6 Å². The Morgan fingerprint density at radius 3 is 2.20 bits per heavy atom. The van der Waals surface area contributed by atoms with Crippen molar-refractivity contribution in [1.82, 2.24) is 0 Å². The van der Waals surface area contributed by atoms with Crippen molar-refractivity contribution in [2.24, 2.45) is 0 Å². The minimum atomic E-state index is -0.242. The molecule has 4 aromatic rings. The van der Waals surface area contributed by atoms with Crippen molar-refractivity contribution in [3.63, 3.8) is 0 Å². The highest BCUT2D eigenvalue weighted by Gasteiger charge is 2.38. The van der Waals surface area contributed by atoms with Crippen molar-refractivity contribution >= 4 is 34.1 Å². The zero-order valence-corrected chi connectivity index (χ0v) is 24.9. The third kappa shape index (κ3) is 3.72. The van der Waals surface area contributed by atoms with Gasteiger partial charge in [0.2, 0.25) is 0 Å². The van der Waals surface area contributed by atoms with E-state index in [4.69, 9.17) is 9.47 Å². The van der Waals surface area contributed by atoms with Crippen molar-refractivity contribution < 1.29 is 9.47 Å². The van der Waals surface area contributed by atoms with Gasteiger partial charge in [-0.1, -0.05) is 56.3 Å². The van der Waals surface area contributed by atoms with E-state index in [0.717, 1.165) is 70.7 Å². The minimum absolute atomic E-state index is 0.170. The molecule has 4 aromatic carbocycles. The molecule has 0 saturated heterocycles. The molecule has 0 fully saturated rings. The standard InChI is InChI=1S/C39H33N3O2/c1-39(2)27-23-25(41-31-11-3-7-15-35(31)43-36-16-8-4-12-32(36)41)19-21-29(27)40-30-22-20-26(24-28(30)39)42-33-13-5-9-17-37(33)44-38-18-10-6-14-34(38)42/h3-5,7-12,15-24,33,40H,6,13-14H2,1-2H3. The summed E-state index contributed by atoms with van der Waals surface area (Å²) in [6.07, 6.45) is 13.8. The molecule has 1 unspecified atom stereocenters. The summed E-state index contributed by atoms with van der Waals surface area (Å²) < 4.78 is 12.7. The van der Waals surface area contributed by atoms with Crippen LogP contribution in [0.2, 0.25) is 0 Å². The fourth-order valence-electron chi connectivity index (χ4n) is 7.42. The number of fused-ring (bicyclic) bond motifs is 5. The zero-order chi connectivity index (χ0) is 29.4. The first-order valence-corrected chi connectivity index (χ1v) is 15.5. The molecule has 2 aliphatic carbocycles. The average Bonchev–Trinajstić information content (AvgIpc) is 3.06. The van der Waals surface area contributed by atoms with Crippen LogP contribution >= 0.6 is 0 Å².